The van der Waals surface area contributed by atoms with Crippen LogP contribution in [0.2, 0.25) is 0 Å². The molecule has 2 aromatic heterocycles. The van der Waals surface area contributed by atoms with E-state index in [1.54, 1.807) is 33.2 Å². The molecule has 0 saturated carbocycles. The number of carbonyl (C=O) groups is 3. The Balaban J connectivity index is 2.26. The van der Waals surface area contributed by atoms with Gasteiger partial charge in [-0.05, 0) is 37.1 Å². The zero-order valence-electron chi connectivity index (χ0n) is 15.5. The molecule has 0 spiro atoms. The zero-order valence-corrected chi connectivity index (χ0v) is 15.5. The highest BCUT2D eigenvalue weighted by Gasteiger charge is 2.25. The summed E-state index contributed by atoms with van der Waals surface area (Å²) in [6.45, 7) is 5.44. The van der Waals surface area contributed by atoms with Crippen LogP contribution in [0.15, 0.2) is 24.5 Å². The fourth-order valence-electron chi connectivity index (χ4n) is 2.89. The van der Waals surface area contributed by atoms with Crippen LogP contribution < -0.4 is 0 Å². The minimum atomic E-state index is -0.525. The molecule has 2 rings (SSSR count). The van der Waals surface area contributed by atoms with Crippen LogP contribution in [0.3, 0.4) is 0 Å². The molecule has 2 heterocycles. The van der Waals surface area contributed by atoms with E-state index in [0.29, 0.717) is 29.8 Å². The third-order valence-corrected chi connectivity index (χ3v) is 4.22. The minimum Gasteiger partial charge on any atom is -0.464 e. The molecule has 7 heteroatoms. The normalized spacial score (nSPS) is 10.5. The minimum absolute atomic E-state index is 0.0604. The predicted octanol–water partition coefficient (Wildman–Crippen LogP) is 2.43. The van der Waals surface area contributed by atoms with Crippen molar-refractivity contribution in [2.75, 3.05) is 13.7 Å². The molecule has 0 unspecified atom stereocenters. The fourth-order valence-corrected chi connectivity index (χ4v) is 2.89. The topological polar surface area (TPSA) is 92.4 Å². The Bertz CT molecular complexity index is 812. The number of methoxy groups -OCH3 is 1. The van der Waals surface area contributed by atoms with Crippen LogP contribution in [0.1, 0.15) is 51.0 Å². The molecule has 2 aromatic rings. The van der Waals surface area contributed by atoms with Crippen molar-refractivity contribution in [2.45, 2.75) is 33.7 Å². The molecular weight excluding hydrogens is 334 g/mol. The summed E-state index contributed by atoms with van der Waals surface area (Å²) in [6, 6.07) is 3.62. The van der Waals surface area contributed by atoms with Gasteiger partial charge in [-0.2, -0.15) is 0 Å². The first-order valence-electron chi connectivity index (χ1n) is 8.36. The molecule has 0 fully saturated rings. The Morgan fingerprint density at radius 1 is 1.19 bits per heavy atom. The van der Waals surface area contributed by atoms with Crippen molar-refractivity contribution in [1.82, 2.24) is 14.9 Å². The lowest BCUT2D eigenvalue weighted by Gasteiger charge is -2.21. The number of pyridine rings is 1. The van der Waals surface area contributed by atoms with E-state index in [4.69, 9.17) is 4.74 Å². The number of Topliss-reactive ketones (excluding diaryl/α,β-unsaturated/α-hetero) is 1. The summed E-state index contributed by atoms with van der Waals surface area (Å²) in [5, 5.41) is 0. The number of nitrogens with zero attached hydrogens (tertiary/aromatic N) is 2. The number of ether oxygens (including phenoxy) is 1. The second-order valence-corrected chi connectivity index (χ2v) is 6.00. The number of amides is 1. The van der Waals surface area contributed by atoms with Gasteiger partial charge in [0.15, 0.2) is 5.78 Å². The van der Waals surface area contributed by atoms with E-state index >= 15 is 0 Å². The summed E-state index contributed by atoms with van der Waals surface area (Å²) in [5.74, 6) is -0.862. The van der Waals surface area contributed by atoms with Crippen molar-refractivity contribution < 1.29 is 19.1 Å². The van der Waals surface area contributed by atoms with Crippen LogP contribution in [0.4, 0.5) is 0 Å². The standard InChI is InChI=1S/C19H23N3O4/c1-5-16(24)22(10-14-6-8-20-9-7-14)11-15(23)17-12(2)18(19(25)26-4)21-13(17)3/h6-9,21H,5,10-11H2,1-4H3. The van der Waals surface area contributed by atoms with Crippen molar-refractivity contribution in [1.29, 1.82) is 0 Å². The molecule has 7 nitrogen and oxygen atoms in total. The average Bonchev–Trinajstić information content (AvgIpc) is 2.95. The Morgan fingerprint density at radius 3 is 2.42 bits per heavy atom. The molecule has 0 atom stereocenters. The molecule has 0 aromatic carbocycles. The number of ketones is 1. The van der Waals surface area contributed by atoms with Crippen LogP contribution in [0, 0.1) is 13.8 Å². The second-order valence-electron chi connectivity index (χ2n) is 6.00. The lowest BCUT2D eigenvalue weighted by Crippen LogP contribution is -2.35. The van der Waals surface area contributed by atoms with Crippen molar-refractivity contribution in [3.8, 4) is 0 Å². The largest absolute Gasteiger partial charge is 0.464 e. The van der Waals surface area contributed by atoms with Crippen molar-refractivity contribution in [3.05, 3.63) is 52.6 Å². The summed E-state index contributed by atoms with van der Waals surface area (Å²) in [7, 11) is 1.29. The first-order chi connectivity index (χ1) is 12.4. The lowest BCUT2D eigenvalue weighted by atomic mass is 10.0. The number of hydrogen-bond acceptors (Lipinski definition) is 5. The number of esters is 1. The quantitative estimate of drug-likeness (QED) is 0.607. The molecule has 0 aliphatic carbocycles. The highest BCUT2D eigenvalue weighted by molar-refractivity contribution is 6.04. The smallest absolute Gasteiger partial charge is 0.354 e. The van der Waals surface area contributed by atoms with Gasteiger partial charge in [0, 0.05) is 36.6 Å². The number of rotatable bonds is 7. The van der Waals surface area contributed by atoms with Gasteiger partial charge in [-0.3, -0.25) is 14.6 Å². The lowest BCUT2D eigenvalue weighted by molar-refractivity contribution is -0.131. The molecular formula is C19H23N3O4. The van der Waals surface area contributed by atoms with Crippen LogP contribution in [0.5, 0.6) is 0 Å². The summed E-state index contributed by atoms with van der Waals surface area (Å²) in [4.78, 5) is 45.3. The number of aryl methyl sites for hydroxylation is 1. The molecule has 138 valence electrons. The van der Waals surface area contributed by atoms with Gasteiger partial charge >= 0.3 is 5.97 Å². The molecule has 0 bridgehead atoms. The summed E-state index contributed by atoms with van der Waals surface area (Å²) in [5.41, 5.74) is 2.70. The molecule has 1 N–H and O–H groups in total. The summed E-state index contributed by atoms with van der Waals surface area (Å²) in [6.07, 6.45) is 3.60. The van der Waals surface area contributed by atoms with E-state index < -0.39 is 5.97 Å². The van der Waals surface area contributed by atoms with Crippen LogP contribution in [-0.4, -0.2) is 46.2 Å². The Kier molecular flexibility index (Phi) is 6.27. The number of hydrogen-bond donors (Lipinski definition) is 1. The Labute approximate surface area is 152 Å². The third kappa shape index (κ3) is 4.17. The highest BCUT2D eigenvalue weighted by Crippen LogP contribution is 2.20. The number of carbonyl (C=O) groups excluding carboxylic acids is 3. The maximum absolute atomic E-state index is 12.9. The molecule has 26 heavy (non-hydrogen) atoms. The van der Waals surface area contributed by atoms with E-state index in [1.165, 1.54) is 12.0 Å². The Hall–Kier alpha value is -2.96. The van der Waals surface area contributed by atoms with Gasteiger partial charge in [0.1, 0.15) is 5.69 Å². The highest BCUT2D eigenvalue weighted by atomic mass is 16.5. The van der Waals surface area contributed by atoms with Crippen molar-refractivity contribution in [3.63, 3.8) is 0 Å². The number of nitrogens with one attached hydrogen (secondary N) is 1. The van der Waals surface area contributed by atoms with Crippen LogP contribution >= 0.6 is 0 Å². The van der Waals surface area contributed by atoms with E-state index in [-0.39, 0.29) is 23.9 Å². The van der Waals surface area contributed by atoms with Crippen LogP contribution in [-0.2, 0) is 16.1 Å². The fraction of sp³-hybridized carbons (Fsp3) is 0.368. The first kappa shape index (κ1) is 19.4. The monoisotopic (exact) mass is 357 g/mol. The first-order valence-corrected chi connectivity index (χ1v) is 8.36. The maximum Gasteiger partial charge on any atom is 0.354 e. The number of aromatic amines is 1. The van der Waals surface area contributed by atoms with E-state index in [9.17, 15) is 14.4 Å². The predicted molar refractivity (Wildman–Crippen MR) is 95.9 cm³/mol. The van der Waals surface area contributed by atoms with Crippen molar-refractivity contribution >= 4 is 17.7 Å². The van der Waals surface area contributed by atoms with Gasteiger partial charge in [0.25, 0.3) is 0 Å². The zero-order chi connectivity index (χ0) is 19.3. The van der Waals surface area contributed by atoms with Gasteiger partial charge in [-0.15, -0.1) is 0 Å². The summed E-state index contributed by atoms with van der Waals surface area (Å²) >= 11 is 0. The summed E-state index contributed by atoms with van der Waals surface area (Å²) < 4.78 is 4.73. The van der Waals surface area contributed by atoms with Gasteiger partial charge in [-0.25, -0.2) is 4.79 Å². The average molecular weight is 357 g/mol. The molecule has 1 amide bonds. The molecule has 0 aliphatic rings. The van der Waals surface area contributed by atoms with Gasteiger partial charge in [0.2, 0.25) is 5.91 Å². The number of H-pyrrole nitrogens is 1. The maximum atomic E-state index is 12.9. The van der Waals surface area contributed by atoms with Crippen LogP contribution in [0.25, 0.3) is 0 Å². The molecule has 0 aliphatic heterocycles. The molecule has 0 saturated heterocycles. The van der Waals surface area contributed by atoms with Gasteiger partial charge in [0.05, 0.1) is 13.7 Å². The molecule has 0 radical (unpaired) electrons. The van der Waals surface area contributed by atoms with Gasteiger partial charge < -0.3 is 14.6 Å². The van der Waals surface area contributed by atoms with E-state index in [1.807, 2.05) is 12.1 Å². The third-order valence-electron chi connectivity index (χ3n) is 4.22. The van der Waals surface area contributed by atoms with Crippen molar-refractivity contribution in [2.24, 2.45) is 0 Å². The van der Waals surface area contributed by atoms with E-state index in [2.05, 4.69) is 9.97 Å². The van der Waals surface area contributed by atoms with Gasteiger partial charge in [-0.1, -0.05) is 6.92 Å². The van der Waals surface area contributed by atoms with E-state index in [0.717, 1.165) is 5.56 Å². The Morgan fingerprint density at radius 2 is 1.85 bits per heavy atom. The second kappa shape index (κ2) is 8.42. The SMILES string of the molecule is CCC(=O)N(CC(=O)c1c(C)[nH]c(C(=O)OC)c1C)Cc1ccncc1. The number of aromatic nitrogens is 2.